The summed E-state index contributed by atoms with van der Waals surface area (Å²) in [6.07, 6.45) is 0.624. The fourth-order valence-electron chi connectivity index (χ4n) is 1.46. The first-order valence-corrected chi connectivity index (χ1v) is 7.20. The lowest BCUT2D eigenvalue weighted by atomic mass is 10.0. The molecule has 1 aromatic rings. The maximum absolute atomic E-state index is 11.6. The third-order valence-electron chi connectivity index (χ3n) is 2.30. The molecule has 0 bridgehead atoms. The van der Waals surface area contributed by atoms with Gasteiger partial charge in [-0.05, 0) is 30.0 Å². The Balaban J connectivity index is 2.86. The van der Waals surface area contributed by atoms with Gasteiger partial charge in [-0.1, -0.05) is 32.9 Å². The van der Waals surface area contributed by atoms with Gasteiger partial charge >= 0.3 is 0 Å². The summed E-state index contributed by atoms with van der Waals surface area (Å²) in [5.74, 6) is 0.564. The summed E-state index contributed by atoms with van der Waals surface area (Å²) in [4.78, 5) is 0. The molecule has 0 saturated heterocycles. The highest BCUT2D eigenvalue weighted by Crippen LogP contribution is 2.19. The van der Waals surface area contributed by atoms with E-state index in [1.807, 2.05) is 25.1 Å². The summed E-state index contributed by atoms with van der Waals surface area (Å²) in [7, 11) is -3.18. The summed E-state index contributed by atoms with van der Waals surface area (Å²) in [6, 6.07) is 7.54. The number of sulfonamides is 1. The summed E-state index contributed by atoms with van der Waals surface area (Å²) in [6.45, 7) is 6.02. The second kappa shape index (κ2) is 5.34. The minimum absolute atomic E-state index is 0.166. The van der Waals surface area contributed by atoms with Crippen molar-refractivity contribution < 1.29 is 8.42 Å². The van der Waals surface area contributed by atoms with Crippen LogP contribution in [0.5, 0.6) is 0 Å². The van der Waals surface area contributed by atoms with Gasteiger partial charge in [-0.2, -0.15) is 0 Å². The third kappa shape index (κ3) is 3.85. The standard InChI is InChI=1S/C12H19NO2S/c1-4-8-16(14,15)13-12-7-5-6-11(9-12)10(2)3/h5-7,9-10,13H,4,8H2,1-3H3. The first-order valence-electron chi connectivity index (χ1n) is 5.55. The van der Waals surface area contributed by atoms with Crippen LogP contribution in [0, 0.1) is 0 Å². The maximum atomic E-state index is 11.6. The largest absolute Gasteiger partial charge is 0.284 e. The van der Waals surface area contributed by atoms with Gasteiger partial charge in [0.15, 0.2) is 0 Å². The lowest BCUT2D eigenvalue weighted by Crippen LogP contribution is -2.16. The lowest BCUT2D eigenvalue weighted by molar-refractivity contribution is 0.600. The van der Waals surface area contributed by atoms with E-state index in [9.17, 15) is 8.42 Å². The Kier molecular flexibility index (Phi) is 4.35. The van der Waals surface area contributed by atoms with Gasteiger partial charge in [0.25, 0.3) is 0 Å². The van der Waals surface area contributed by atoms with Crippen LogP contribution in [-0.2, 0) is 10.0 Å². The van der Waals surface area contributed by atoms with Crippen molar-refractivity contribution in [2.45, 2.75) is 33.1 Å². The van der Waals surface area contributed by atoms with Crippen molar-refractivity contribution in [3.8, 4) is 0 Å². The van der Waals surface area contributed by atoms with E-state index >= 15 is 0 Å². The molecule has 1 aromatic carbocycles. The Morgan fingerprint density at radius 3 is 2.56 bits per heavy atom. The van der Waals surface area contributed by atoms with Crippen LogP contribution in [0.1, 0.15) is 38.7 Å². The molecule has 0 aromatic heterocycles. The molecule has 3 nitrogen and oxygen atoms in total. The molecule has 90 valence electrons. The van der Waals surface area contributed by atoms with Crippen LogP contribution < -0.4 is 4.72 Å². The smallest absolute Gasteiger partial charge is 0.232 e. The molecular weight excluding hydrogens is 222 g/mol. The minimum Gasteiger partial charge on any atom is -0.284 e. The van der Waals surface area contributed by atoms with Gasteiger partial charge in [0, 0.05) is 5.69 Å². The zero-order valence-electron chi connectivity index (χ0n) is 10.0. The molecule has 0 saturated carbocycles. The molecule has 0 aliphatic rings. The van der Waals surface area contributed by atoms with Crippen molar-refractivity contribution in [1.82, 2.24) is 0 Å². The Bertz CT molecular complexity index is 438. The van der Waals surface area contributed by atoms with Crippen LogP contribution in [0.2, 0.25) is 0 Å². The Morgan fingerprint density at radius 1 is 1.31 bits per heavy atom. The normalized spacial score (nSPS) is 11.8. The molecule has 0 radical (unpaired) electrons. The minimum atomic E-state index is -3.18. The van der Waals surface area contributed by atoms with Gasteiger partial charge in [0.2, 0.25) is 10.0 Å². The van der Waals surface area contributed by atoms with E-state index in [-0.39, 0.29) is 5.75 Å². The van der Waals surface area contributed by atoms with E-state index in [1.165, 1.54) is 0 Å². The van der Waals surface area contributed by atoms with Gasteiger partial charge < -0.3 is 0 Å². The zero-order valence-corrected chi connectivity index (χ0v) is 10.8. The van der Waals surface area contributed by atoms with Crippen molar-refractivity contribution in [3.63, 3.8) is 0 Å². The molecule has 16 heavy (non-hydrogen) atoms. The first kappa shape index (κ1) is 13.0. The predicted molar refractivity (Wildman–Crippen MR) is 68.2 cm³/mol. The average Bonchev–Trinajstić information content (AvgIpc) is 2.17. The Labute approximate surface area is 97.9 Å². The molecule has 0 unspecified atom stereocenters. The quantitative estimate of drug-likeness (QED) is 0.861. The van der Waals surface area contributed by atoms with Crippen LogP contribution in [0.15, 0.2) is 24.3 Å². The van der Waals surface area contributed by atoms with Gasteiger partial charge in [-0.3, -0.25) is 4.72 Å². The van der Waals surface area contributed by atoms with Crippen molar-refractivity contribution >= 4 is 15.7 Å². The number of anilines is 1. The number of nitrogens with one attached hydrogen (secondary N) is 1. The second-order valence-corrected chi connectivity index (χ2v) is 6.04. The number of benzene rings is 1. The topological polar surface area (TPSA) is 46.2 Å². The molecule has 0 heterocycles. The highest BCUT2D eigenvalue weighted by Gasteiger charge is 2.09. The van der Waals surface area contributed by atoms with E-state index in [4.69, 9.17) is 0 Å². The monoisotopic (exact) mass is 241 g/mol. The van der Waals surface area contributed by atoms with Gasteiger partial charge in [0.1, 0.15) is 0 Å². The second-order valence-electron chi connectivity index (χ2n) is 4.20. The van der Waals surface area contributed by atoms with E-state index in [1.54, 1.807) is 6.07 Å². The van der Waals surface area contributed by atoms with E-state index in [0.29, 0.717) is 18.0 Å². The molecule has 0 aliphatic carbocycles. The van der Waals surface area contributed by atoms with Crippen molar-refractivity contribution in [1.29, 1.82) is 0 Å². The molecule has 0 fully saturated rings. The SMILES string of the molecule is CCCS(=O)(=O)Nc1cccc(C(C)C)c1. The molecule has 0 amide bonds. The number of hydrogen-bond donors (Lipinski definition) is 1. The highest BCUT2D eigenvalue weighted by atomic mass is 32.2. The van der Waals surface area contributed by atoms with Crippen LogP contribution in [0.25, 0.3) is 0 Å². The van der Waals surface area contributed by atoms with E-state index in [2.05, 4.69) is 18.6 Å². The van der Waals surface area contributed by atoms with Crippen LogP contribution in [0.4, 0.5) is 5.69 Å². The van der Waals surface area contributed by atoms with Crippen molar-refractivity contribution in [2.75, 3.05) is 10.5 Å². The Morgan fingerprint density at radius 2 is 2.00 bits per heavy atom. The van der Waals surface area contributed by atoms with Crippen molar-refractivity contribution in [3.05, 3.63) is 29.8 Å². The van der Waals surface area contributed by atoms with Crippen LogP contribution >= 0.6 is 0 Å². The van der Waals surface area contributed by atoms with E-state index < -0.39 is 10.0 Å². The van der Waals surface area contributed by atoms with Crippen LogP contribution in [-0.4, -0.2) is 14.2 Å². The first-order chi connectivity index (χ1) is 7.44. The van der Waals surface area contributed by atoms with Gasteiger partial charge in [-0.25, -0.2) is 8.42 Å². The van der Waals surface area contributed by atoms with Crippen LogP contribution in [0.3, 0.4) is 0 Å². The lowest BCUT2D eigenvalue weighted by Gasteiger charge is -2.10. The maximum Gasteiger partial charge on any atom is 0.232 e. The van der Waals surface area contributed by atoms with Crippen molar-refractivity contribution in [2.24, 2.45) is 0 Å². The summed E-state index contributed by atoms with van der Waals surface area (Å²) >= 11 is 0. The predicted octanol–water partition coefficient (Wildman–Crippen LogP) is 2.96. The molecule has 0 aliphatic heterocycles. The summed E-state index contributed by atoms with van der Waals surface area (Å²) in [5, 5.41) is 0. The highest BCUT2D eigenvalue weighted by molar-refractivity contribution is 7.92. The molecule has 1 N–H and O–H groups in total. The fraction of sp³-hybridized carbons (Fsp3) is 0.500. The summed E-state index contributed by atoms with van der Waals surface area (Å²) < 4.78 is 25.7. The third-order valence-corrected chi connectivity index (χ3v) is 3.79. The molecule has 1 rings (SSSR count). The molecule has 0 atom stereocenters. The summed E-state index contributed by atoms with van der Waals surface area (Å²) in [5.41, 5.74) is 1.79. The van der Waals surface area contributed by atoms with Gasteiger partial charge in [-0.15, -0.1) is 0 Å². The van der Waals surface area contributed by atoms with Gasteiger partial charge in [0.05, 0.1) is 5.75 Å². The number of hydrogen-bond acceptors (Lipinski definition) is 2. The fourth-order valence-corrected chi connectivity index (χ4v) is 2.59. The average molecular weight is 241 g/mol. The molecular formula is C12H19NO2S. The number of rotatable bonds is 5. The Hall–Kier alpha value is -1.03. The molecule has 4 heteroatoms. The van der Waals surface area contributed by atoms with E-state index in [0.717, 1.165) is 5.56 Å². The molecule has 0 spiro atoms. The zero-order chi connectivity index (χ0) is 12.2.